The Labute approximate surface area is 132 Å². The van der Waals surface area contributed by atoms with E-state index in [9.17, 15) is 0 Å². The molecule has 0 unspecified atom stereocenters. The van der Waals surface area contributed by atoms with Crippen molar-refractivity contribution in [2.75, 3.05) is 7.11 Å². The molecule has 1 heterocycles. The summed E-state index contributed by atoms with van der Waals surface area (Å²) in [6.45, 7) is 2.13. The van der Waals surface area contributed by atoms with Crippen LogP contribution in [0, 0.1) is 6.92 Å². The van der Waals surface area contributed by atoms with Gasteiger partial charge in [-0.3, -0.25) is 0 Å². The van der Waals surface area contributed by atoms with Crippen molar-refractivity contribution in [1.29, 1.82) is 0 Å². The van der Waals surface area contributed by atoms with Gasteiger partial charge in [0.2, 0.25) is 0 Å². The predicted octanol–water partition coefficient (Wildman–Crippen LogP) is 5.05. The van der Waals surface area contributed by atoms with Gasteiger partial charge in [0.25, 0.3) is 0 Å². The van der Waals surface area contributed by atoms with Crippen LogP contribution in [0.3, 0.4) is 0 Å². The van der Waals surface area contributed by atoms with E-state index in [1.807, 2.05) is 6.07 Å². The average Bonchev–Trinajstić information content (AvgIpc) is 2.95. The van der Waals surface area contributed by atoms with Crippen LogP contribution in [-0.4, -0.2) is 12.1 Å². The minimum atomic E-state index is 0.924. The van der Waals surface area contributed by atoms with Crippen molar-refractivity contribution in [3.8, 4) is 5.75 Å². The maximum absolute atomic E-state index is 5.33. The molecule has 0 amide bonds. The van der Waals surface area contributed by atoms with Gasteiger partial charge in [-0.25, -0.2) is 0 Å². The van der Waals surface area contributed by atoms with E-state index in [2.05, 4.69) is 54.5 Å². The van der Waals surface area contributed by atoms with Crippen molar-refractivity contribution in [2.45, 2.75) is 32.6 Å². The minimum absolute atomic E-state index is 0.924. The lowest BCUT2D eigenvalue weighted by atomic mass is 10.0. The van der Waals surface area contributed by atoms with Crippen molar-refractivity contribution in [1.82, 2.24) is 4.98 Å². The molecule has 3 rings (SSSR count). The second-order valence-corrected chi connectivity index (χ2v) is 5.92. The number of nitrogens with one attached hydrogen (secondary N) is 1. The van der Waals surface area contributed by atoms with Gasteiger partial charge in [0.05, 0.1) is 7.11 Å². The lowest BCUT2D eigenvalue weighted by Crippen LogP contribution is -1.89. The summed E-state index contributed by atoms with van der Waals surface area (Å²) in [4.78, 5) is 3.35. The second kappa shape index (κ2) is 6.69. The summed E-state index contributed by atoms with van der Waals surface area (Å²) >= 11 is 0. The van der Waals surface area contributed by atoms with E-state index in [1.165, 1.54) is 40.4 Å². The Bertz CT molecular complexity index is 740. The number of ether oxygens (including phenoxy) is 1. The number of fused-ring (bicyclic) bond motifs is 1. The van der Waals surface area contributed by atoms with E-state index in [1.54, 1.807) is 7.11 Å². The summed E-state index contributed by atoms with van der Waals surface area (Å²) in [7, 11) is 1.72. The summed E-state index contributed by atoms with van der Waals surface area (Å²) < 4.78 is 5.33. The average molecular weight is 293 g/mol. The highest BCUT2D eigenvalue weighted by molar-refractivity contribution is 5.84. The molecule has 0 saturated carbocycles. The second-order valence-electron chi connectivity index (χ2n) is 5.92. The Balaban J connectivity index is 1.58. The zero-order valence-electron chi connectivity index (χ0n) is 13.4. The number of aromatic nitrogens is 1. The molecule has 0 aliphatic carbocycles. The Morgan fingerprint density at radius 2 is 1.73 bits per heavy atom. The zero-order valence-corrected chi connectivity index (χ0v) is 13.4. The first-order valence-electron chi connectivity index (χ1n) is 7.96. The number of rotatable bonds is 6. The van der Waals surface area contributed by atoms with Crippen LogP contribution in [0.4, 0.5) is 0 Å². The van der Waals surface area contributed by atoms with Crippen LogP contribution in [-0.2, 0) is 12.8 Å². The van der Waals surface area contributed by atoms with E-state index in [0.717, 1.165) is 18.6 Å². The third kappa shape index (κ3) is 3.33. The normalized spacial score (nSPS) is 11.0. The highest BCUT2D eigenvalue weighted by Crippen LogP contribution is 2.24. The quantitative estimate of drug-likeness (QED) is 0.632. The Kier molecular flexibility index (Phi) is 4.47. The van der Waals surface area contributed by atoms with Crippen molar-refractivity contribution < 1.29 is 4.74 Å². The van der Waals surface area contributed by atoms with Gasteiger partial charge in [0.1, 0.15) is 5.75 Å². The first-order chi connectivity index (χ1) is 10.8. The van der Waals surface area contributed by atoms with Crippen LogP contribution in [0.1, 0.15) is 29.5 Å². The molecule has 22 heavy (non-hydrogen) atoms. The summed E-state index contributed by atoms with van der Waals surface area (Å²) in [6.07, 6.45) is 6.83. The number of methoxy groups -OCH3 is 1. The van der Waals surface area contributed by atoms with Crippen LogP contribution in [0.15, 0.2) is 48.7 Å². The Morgan fingerprint density at radius 3 is 2.50 bits per heavy atom. The molecular weight excluding hydrogens is 270 g/mol. The molecule has 0 spiro atoms. The van der Waals surface area contributed by atoms with Crippen LogP contribution in [0.2, 0.25) is 0 Å². The van der Waals surface area contributed by atoms with E-state index >= 15 is 0 Å². The molecule has 2 aromatic carbocycles. The third-order valence-electron chi connectivity index (χ3n) is 4.26. The maximum Gasteiger partial charge on any atom is 0.119 e. The summed E-state index contributed by atoms with van der Waals surface area (Å²) in [6, 6.07) is 15.1. The first-order valence-corrected chi connectivity index (χ1v) is 7.96. The molecule has 1 N–H and O–H groups in total. The van der Waals surface area contributed by atoms with Crippen LogP contribution in [0.5, 0.6) is 5.75 Å². The van der Waals surface area contributed by atoms with Crippen LogP contribution in [0.25, 0.3) is 10.9 Å². The van der Waals surface area contributed by atoms with Gasteiger partial charge in [-0.15, -0.1) is 0 Å². The fraction of sp³-hybridized carbons (Fsp3) is 0.300. The Morgan fingerprint density at radius 1 is 0.955 bits per heavy atom. The zero-order chi connectivity index (χ0) is 15.4. The molecule has 0 aliphatic heterocycles. The van der Waals surface area contributed by atoms with Gasteiger partial charge in [-0.05, 0) is 61.9 Å². The fourth-order valence-electron chi connectivity index (χ4n) is 2.89. The molecule has 114 valence electrons. The molecule has 0 radical (unpaired) electrons. The van der Waals surface area contributed by atoms with Crippen molar-refractivity contribution >= 4 is 10.9 Å². The molecule has 2 heteroatoms. The van der Waals surface area contributed by atoms with Crippen molar-refractivity contribution in [3.63, 3.8) is 0 Å². The van der Waals surface area contributed by atoms with E-state index in [4.69, 9.17) is 4.74 Å². The largest absolute Gasteiger partial charge is 0.497 e. The molecule has 0 bridgehead atoms. The number of unbranched alkanes of at least 4 members (excludes halogenated alkanes) is 1. The first kappa shape index (κ1) is 14.7. The van der Waals surface area contributed by atoms with Gasteiger partial charge in [-0.2, -0.15) is 0 Å². The van der Waals surface area contributed by atoms with Gasteiger partial charge < -0.3 is 9.72 Å². The summed E-state index contributed by atoms with van der Waals surface area (Å²) in [5.74, 6) is 0.924. The minimum Gasteiger partial charge on any atom is -0.497 e. The van der Waals surface area contributed by atoms with Crippen molar-refractivity contribution in [3.05, 3.63) is 65.4 Å². The number of H-pyrrole nitrogens is 1. The van der Waals surface area contributed by atoms with Gasteiger partial charge in [0.15, 0.2) is 0 Å². The standard InChI is InChI=1S/C20H23NO/c1-15-7-9-16(10-8-15)5-3-4-6-17-14-21-20-12-11-18(22-2)13-19(17)20/h7-14,21H,3-6H2,1-2H3. The monoisotopic (exact) mass is 293 g/mol. The maximum atomic E-state index is 5.33. The van der Waals surface area contributed by atoms with Gasteiger partial charge >= 0.3 is 0 Å². The van der Waals surface area contributed by atoms with Gasteiger partial charge in [0, 0.05) is 17.1 Å². The number of hydrogen-bond acceptors (Lipinski definition) is 1. The molecular formula is C20H23NO. The highest BCUT2D eigenvalue weighted by atomic mass is 16.5. The Hall–Kier alpha value is -2.22. The molecule has 0 aliphatic rings. The number of hydrogen-bond donors (Lipinski definition) is 1. The molecule has 2 nitrogen and oxygen atoms in total. The van der Waals surface area contributed by atoms with Crippen LogP contribution >= 0.6 is 0 Å². The summed E-state index contributed by atoms with van der Waals surface area (Å²) in [5, 5.41) is 1.29. The van der Waals surface area contributed by atoms with E-state index in [-0.39, 0.29) is 0 Å². The van der Waals surface area contributed by atoms with E-state index in [0.29, 0.717) is 0 Å². The third-order valence-corrected chi connectivity index (χ3v) is 4.26. The topological polar surface area (TPSA) is 25.0 Å². The van der Waals surface area contributed by atoms with Gasteiger partial charge in [-0.1, -0.05) is 29.8 Å². The van der Waals surface area contributed by atoms with E-state index < -0.39 is 0 Å². The smallest absolute Gasteiger partial charge is 0.119 e. The van der Waals surface area contributed by atoms with Crippen LogP contribution < -0.4 is 4.74 Å². The number of benzene rings is 2. The lowest BCUT2D eigenvalue weighted by molar-refractivity contribution is 0.415. The molecule has 0 saturated heterocycles. The predicted molar refractivity (Wildman–Crippen MR) is 92.7 cm³/mol. The fourth-order valence-corrected chi connectivity index (χ4v) is 2.89. The number of aryl methyl sites for hydroxylation is 3. The summed E-state index contributed by atoms with van der Waals surface area (Å²) in [5.41, 5.74) is 5.34. The SMILES string of the molecule is COc1ccc2[nH]cc(CCCCc3ccc(C)cc3)c2c1. The lowest BCUT2D eigenvalue weighted by Gasteiger charge is -2.04. The molecule has 0 fully saturated rings. The highest BCUT2D eigenvalue weighted by Gasteiger charge is 2.05. The molecule has 1 aromatic heterocycles. The van der Waals surface area contributed by atoms with Crippen molar-refractivity contribution in [2.24, 2.45) is 0 Å². The molecule has 3 aromatic rings. The molecule has 0 atom stereocenters. The number of aromatic amines is 1.